The monoisotopic (exact) mass is 191 g/mol. The molecule has 78 valence electrons. The second-order valence-corrected chi connectivity index (χ2v) is 2.77. The Labute approximate surface area is 77.1 Å². The van der Waals surface area contributed by atoms with E-state index in [1.807, 2.05) is 13.8 Å². The van der Waals surface area contributed by atoms with Crippen LogP contribution in [0.15, 0.2) is 0 Å². The second kappa shape index (κ2) is 7.51. The van der Waals surface area contributed by atoms with Crippen LogP contribution in [-0.2, 0) is 9.59 Å². The van der Waals surface area contributed by atoms with Crippen molar-refractivity contribution in [2.24, 2.45) is 23.1 Å². The Morgan fingerprint density at radius 3 is 1.69 bits per heavy atom. The Kier molecular flexibility index (Phi) is 8.31. The van der Waals surface area contributed by atoms with E-state index in [1.165, 1.54) is 0 Å². The number of carboxylic acids is 1. The maximum Gasteiger partial charge on any atom is 0.317 e. The number of carbonyl (C=O) groups excluding carboxylic acids is 1. The Morgan fingerprint density at radius 2 is 1.69 bits per heavy atom. The molecule has 0 bridgehead atoms. The predicted molar refractivity (Wildman–Crippen MR) is 48.7 cm³/mol. The fraction of sp³-hybridized carbons (Fsp3) is 0.714. The van der Waals surface area contributed by atoms with E-state index in [9.17, 15) is 9.59 Å². The van der Waals surface area contributed by atoms with Gasteiger partial charge < -0.3 is 22.3 Å². The molecule has 0 aliphatic heterocycles. The predicted octanol–water partition coefficient (Wildman–Crippen LogP) is -1.52. The summed E-state index contributed by atoms with van der Waals surface area (Å²) in [4.78, 5) is 19.5. The van der Waals surface area contributed by atoms with E-state index < -0.39 is 17.9 Å². The van der Waals surface area contributed by atoms with Gasteiger partial charge in [0.25, 0.3) is 0 Å². The summed E-state index contributed by atoms with van der Waals surface area (Å²) in [7, 11) is 0. The summed E-state index contributed by atoms with van der Waals surface area (Å²) in [5.74, 6) is -1.25. The third kappa shape index (κ3) is 10.9. The van der Waals surface area contributed by atoms with Gasteiger partial charge in [0.2, 0.25) is 5.91 Å². The van der Waals surface area contributed by atoms with E-state index >= 15 is 0 Å². The van der Waals surface area contributed by atoms with Crippen LogP contribution in [0.2, 0.25) is 0 Å². The van der Waals surface area contributed by atoms with Gasteiger partial charge >= 0.3 is 5.97 Å². The largest absolute Gasteiger partial charge is 0.480 e. The van der Waals surface area contributed by atoms with Crippen molar-refractivity contribution in [2.75, 3.05) is 6.54 Å². The van der Waals surface area contributed by atoms with Gasteiger partial charge in [-0.25, -0.2) is 0 Å². The Hall–Kier alpha value is -1.14. The number of hydrogen-bond donors (Lipinski definition) is 4. The normalized spacial score (nSPS) is 11.5. The quantitative estimate of drug-likeness (QED) is 0.430. The van der Waals surface area contributed by atoms with Gasteiger partial charge in [0, 0.05) is 0 Å². The van der Waals surface area contributed by atoms with E-state index in [0.29, 0.717) is 0 Å². The first-order valence-corrected chi connectivity index (χ1v) is 3.79. The molecule has 0 aliphatic carbocycles. The summed E-state index contributed by atoms with van der Waals surface area (Å²) in [6.07, 6.45) is 0. The van der Waals surface area contributed by atoms with Crippen molar-refractivity contribution in [3.8, 4) is 0 Å². The van der Waals surface area contributed by atoms with Gasteiger partial charge in [-0.15, -0.1) is 0 Å². The minimum Gasteiger partial charge on any atom is -0.480 e. The number of carbonyl (C=O) groups is 2. The molecule has 6 heteroatoms. The molecular formula is C7H17N3O3. The lowest BCUT2D eigenvalue weighted by Gasteiger charge is -2.09. The lowest BCUT2D eigenvalue weighted by molar-refractivity contribution is -0.135. The van der Waals surface area contributed by atoms with Crippen molar-refractivity contribution in [1.82, 2.24) is 0 Å². The van der Waals surface area contributed by atoms with Gasteiger partial charge in [0.05, 0.1) is 12.6 Å². The van der Waals surface area contributed by atoms with Crippen LogP contribution < -0.4 is 17.2 Å². The first-order chi connectivity index (χ1) is 5.82. The highest BCUT2D eigenvalue weighted by molar-refractivity contribution is 5.79. The van der Waals surface area contributed by atoms with Gasteiger partial charge in [0.1, 0.15) is 0 Å². The zero-order chi connectivity index (χ0) is 11.0. The number of aliphatic carboxylic acids is 1. The molecule has 0 heterocycles. The van der Waals surface area contributed by atoms with Crippen LogP contribution in [0, 0.1) is 5.92 Å². The van der Waals surface area contributed by atoms with Crippen molar-refractivity contribution >= 4 is 11.9 Å². The van der Waals surface area contributed by atoms with Crippen molar-refractivity contribution in [3.63, 3.8) is 0 Å². The zero-order valence-electron chi connectivity index (χ0n) is 7.86. The summed E-state index contributed by atoms with van der Waals surface area (Å²) in [5.41, 5.74) is 14.7. The lowest BCUT2D eigenvalue weighted by atomic mass is 10.1. The molecule has 0 aromatic carbocycles. The van der Waals surface area contributed by atoms with Crippen molar-refractivity contribution in [2.45, 2.75) is 19.9 Å². The summed E-state index contributed by atoms with van der Waals surface area (Å²) in [5, 5.41) is 7.60. The molecule has 6 nitrogen and oxygen atoms in total. The highest BCUT2D eigenvalue weighted by Gasteiger charge is 2.12. The van der Waals surface area contributed by atoms with Gasteiger partial charge in [-0.1, -0.05) is 13.8 Å². The van der Waals surface area contributed by atoms with Gasteiger partial charge in [0.15, 0.2) is 0 Å². The Morgan fingerprint density at radius 1 is 1.38 bits per heavy atom. The SMILES string of the molecule is CC(C)C(N)C(N)=O.NCC(=O)O. The van der Waals surface area contributed by atoms with Crippen LogP contribution >= 0.6 is 0 Å². The molecule has 0 aromatic heterocycles. The van der Waals surface area contributed by atoms with Crippen LogP contribution in [0.4, 0.5) is 0 Å². The summed E-state index contributed by atoms with van der Waals surface area (Å²) in [6.45, 7) is 3.44. The van der Waals surface area contributed by atoms with Gasteiger partial charge in [-0.2, -0.15) is 0 Å². The highest BCUT2D eigenvalue weighted by Crippen LogP contribution is 1.95. The molecule has 0 aliphatic rings. The molecule has 0 spiro atoms. The maximum atomic E-state index is 10.2. The minimum atomic E-state index is -0.968. The molecular weight excluding hydrogens is 174 g/mol. The lowest BCUT2D eigenvalue weighted by Crippen LogP contribution is -2.40. The summed E-state index contributed by atoms with van der Waals surface area (Å²) < 4.78 is 0. The fourth-order valence-corrected chi connectivity index (χ4v) is 0.329. The molecule has 1 unspecified atom stereocenters. The van der Waals surface area contributed by atoms with Crippen LogP contribution in [0.1, 0.15) is 13.8 Å². The average Bonchev–Trinajstić information content (AvgIpc) is 2.03. The van der Waals surface area contributed by atoms with Crippen molar-refractivity contribution in [1.29, 1.82) is 0 Å². The van der Waals surface area contributed by atoms with Gasteiger partial charge in [-0.3, -0.25) is 9.59 Å². The molecule has 0 radical (unpaired) electrons. The van der Waals surface area contributed by atoms with E-state index in [-0.39, 0.29) is 12.5 Å². The van der Waals surface area contributed by atoms with E-state index in [4.69, 9.17) is 16.6 Å². The molecule has 0 aromatic rings. The topological polar surface area (TPSA) is 132 Å². The van der Waals surface area contributed by atoms with Crippen LogP contribution in [0.5, 0.6) is 0 Å². The van der Waals surface area contributed by atoms with E-state index in [1.54, 1.807) is 0 Å². The average molecular weight is 191 g/mol. The zero-order valence-corrected chi connectivity index (χ0v) is 7.86. The molecule has 0 saturated heterocycles. The molecule has 1 amide bonds. The number of rotatable bonds is 3. The summed E-state index contributed by atoms with van der Waals surface area (Å²) >= 11 is 0. The molecule has 0 rings (SSSR count). The van der Waals surface area contributed by atoms with E-state index in [2.05, 4.69) is 5.73 Å². The van der Waals surface area contributed by atoms with Gasteiger partial charge in [-0.05, 0) is 5.92 Å². The number of primary amides is 1. The molecule has 13 heavy (non-hydrogen) atoms. The number of carboxylic acid groups (broad SMARTS) is 1. The molecule has 7 N–H and O–H groups in total. The number of amides is 1. The second-order valence-electron chi connectivity index (χ2n) is 2.77. The Bertz CT molecular complexity index is 170. The van der Waals surface area contributed by atoms with Crippen LogP contribution in [0.25, 0.3) is 0 Å². The highest BCUT2D eigenvalue weighted by atomic mass is 16.4. The summed E-state index contributed by atoms with van der Waals surface area (Å²) in [6, 6.07) is -0.491. The Balaban J connectivity index is 0. The third-order valence-electron chi connectivity index (χ3n) is 1.22. The van der Waals surface area contributed by atoms with Crippen molar-refractivity contribution in [3.05, 3.63) is 0 Å². The number of nitrogens with two attached hydrogens (primary N) is 3. The molecule has 1 atom stereocenters. The maximum absolute atomic E-state index is 10.2. The van der Waals surface area contributed by atoms with Crippen LogP contribution in [0.3, 0.4) is 0 Å². The van der Waals surface area contributed by atoms with Crippen molar-refractivity contribution < 1.29 is 14.7 Å². The number of hydrogen-bond acceptors (Lipinski definition) is 4. The standard InChI is InChI=1S/C5H12N2O.C2H5NO2/c1-3(2)4(6)5(7)8;3-1-2(4)5/h3-4H,6H2,1-2H3,(H2,7,8);1,3H2,(H,4,5). The fourth-order valence-electron chi connectivity index (χ4n) is 0.329. The van der Waals surface area contributed by atoms with E-state index in [0.717, 1.165) is 0 Å². The molecule has 0 saturated carbocycles. The minimum absolute atomic E-state index is 0.146. The van der Waals surface area contributed by atoms with Crippen LogP contribution in [-0.4, -0.2) is 29.6 Å². The first-order valence-electron chi connectivity index (χ1n) is 3.79. The smallest absolute Gasteiger partial charge is 0.317 e. The first kappa shape index (κ1) is 14.4. The third-order valence-corrected chi connectivity index (χ3v) is 1.22. The molecule has 0 fully saturated rings.